The van der Waals surface area contributed by atoms with Gasteiger partial charge in [0.05, 0.1) is 11.8 Å². The van der Waals surface area contributed by atoms with Gasteiger partial charge in [0.1, 0.15) is 11.8 Å². The maximum Gasteiger partial charge on any atom is 0.246 e. The van der Waals surface area contributed by atoms with Gasteiger partial charge in [-0.1, -0.05) is 32.9 Å². The predicted molar refractivity (Wildman–Crippen MR) is 198 cm³/mol. The fourth-order valence-corrected chi connectivity index (χ4v) is 9.44. The third kappa shape index (κ3) is 7.39. The first kappa shape index (κ1) is 35.8. The molecule has 276 valence electrons. The number of phenols is 1. The fourth-order valence-electron chi connectivity index (χ4n) is 9.44. The Labute approximate surface area is 302 Å². The first-order valence-corrected chi connectivity index (χ1v) is 19.3. The Morgan fingerprint density at radius 1 is 1.02 bits per heavy atom. The van der Waals surface area contributed by atoms with Crippen LogP contribution in [0.15, 0.2) is 30.3 Å². The molecule has 4 atom stereocenters. The number of likely N-dealkylation sites (tertiary alicyclic amines) is 2. The van der Waals surface area contributed by atoms with Crippen LogP contribution < -0.4 is 5.32 Å². The predicted octanol–water partition coefficient (Wildman–Crippen LogP) is 5.03. The van der Waals surface area contributed by atoms with Crippen molar-refractivity contribution < 1.29 is 19.8 Å². The molecule has 4 aliphatic rings. The molecule has 0 radical (unpaired) electrons. The van der Waals surface area contributed by atoms with E-state index in [1.165, 1.54) is 36.9 Å². The minimum Gasteiger partial charge on any atom is -0.507 e. The summed E-state index contributed by atoms with van der Waals surface area (Å²) in [5, 5.41) is 33.8. The van der Waals surface area contributed by atoms with E-state index in [1.54, 1.807) is 11.0 Å². The van der Waals surface area contributed by atoms with E-state index in [-0.39, 0.29) is 35.6 Å². The van der Waals surface area contributed by atoms with Crippen LogP contribution in [0.5, 0.6) is 5.75 Å². The molecule has 2 aromatic heterocycles. The van der Waals surface area contributed by atoms with Crippen LogP contribution in [0.1, 0.15) is 96.9 Å². The summed E-state index contributed by atoms with van der Waals surface area (Å²) in [6.07, 6.45) is 7.53. The largest absolute Gasteiger partial charge is 0.507 e. The van der Waals surface area contributed by atoms with Gasteiger partial charge in [0.2, 0.25) is 11.8 Å². The SMILES string of the molecule is C[C@@H]1C[C@@H](O)CN1C(=O)[C@@H](NC(=O)C1CCN(C[C@H]2CC[C@H](N3CCc4[nH]c5nnc(-c6ccccc6O)cc5c4[C@H]3C)CC2)CC1)C(C)(C)C. The van der Waals surface area contributed by atoms with E-state index >= 15 is 0 Å². The number of aromatic nitrogens is 3. The lowest BCUT2D eigenvalue weighted by molar-refractivity contribution is -0.141. The van der Waals surface area contributed by atoms with E-state index in [0.29, 0.717) is 36.2 Å². The lowest BCUT2D eigenvalue weighted by Crippen LogP contribution is -2.57. The fraction of sp³-hybridized carbons (Fsp3) is 0.650. The lowest BCUT2D eigenvalue weighted by atomic mass is 9.82. The summed E-state index contributed by atoms with van der Waals surface area (Å²) in [5.41, 5.74) is 4.36. The van der Waals surface area contributed by atoms with Crippen LogP contribution in [0.3, 0.4) is 0 Å². The summed E-state index contributed by atoms with van der Waals surface area (Å²) in [4.78, 5) is 37.6. The van der Waals surface area contributed by atoms with Crippen molar-refractivity contribution >= 4 is 22.8 Å². The number of piperidine rings is 1. The molecule has 2 amide bonds. The number of fused-ring (bicyclic) bond motifs is 3. The number of rotatable bonds is 7. The van der Waals surface area contributed by atoms with Crippen molar-refractivity contribution in [3.8, 4) is 17.0 Å². The molecule has 3 aliphatic heterocycles. The Morgan fingerprint density at radius 3 is 2.41 bits per heavy atom. The topological polar surface area (TPSA) is 138 Å². The quantitative estimate of drug-likeness (QED) is 0.270. The van der Waals surface area contributed by atoms with Gasteiger partial charge in [-0.15, -0.1) is 10.2 Å². The molecular formula is C40H57N7O4. The van der Waals surface area contributed by atoms with Gasteiger partial charge in [-0.3, -0.25) is 14.5 Å². The average molecular weight is 700 g/mol. The number of hydrogen-bond donors (Lipinski definition) is 4. The number of benzene rings is 1. The Balaban J connectivity index is 0.905. The second-order valence-corrected chi connectivity index (χ2v) is 17.0. The number of carbonyl (C=O) groups is 2. The van der Waals surface area contributed by atoms with Crippen LogP contribution in [-0.2, 0) is 16.0 Å². The molecule has 1 aromatic carbocycles. The number of nitrogens with zero attached hydrogens (tertiary/aromatic N) is 5. The smallest absolute Gasteiger partial charge is 0.246 e. The Kier molecular flexibility index (Phi) is 10.2. The van der Waals surface area contributed by atoms with E-state index in [1.807, 2.05) is 45.9 Å². The first-order valence-electron chi connectivity index (χ1n) is 19.3. The number of aliphatic hydroxyl groups excluding tert-OH is 1. The lowest BCUT2D eigenvalue weighted by Gasteiger charge is -2.43. The molecule has 5 heterocycles. The van der Waals surface area contributed by atoms with Crippen LogP contribution in [-0.4, -0.2) is 109 Å². The number of aliphatic hydroxyl groups is 1. The van der Waals surface area contributed by atoms with Crippen LogP contribution in [0.2, 0.25) is 0 Å². The molecular weight excluding hydrogens is 642 g/mol. The molecule has 0 bridgehead atoms. The van der Waals surface area contributed by atoms with E-state index in [4.69, 9.17) is 0 Å². The summed E-state index contributed by atoms with van der Waals surface area (Å²) in [7, 11) is 0. The minimum atomic E-state index is -0.606. The third-order valence-corrected chi connectivity index (χ3v) is 12.4. The van der Waals surface area contributed by atoms with Gasteiger partial charge in [0, 0.05) is 66.7 Å². The molecule has 0 unspecified atom stereocenters. The molecule has 11 heteroatoms. The van der Waals surface area contributed by atoms with Crippen molar-refractivity contribution in [2.45, 2.75) is 116 Å². The van der Waals surface area contributed by atoms with E-state index in [2.05, 4.69) is 43.3 Å². The maximum absolute atomic E-state index is 13.5. The zero-order valence-corrected chi connectivity index (χ0v) is 31.1. The van der Waals surface area contributed by atoms with E-state index in [9.17, 15) is 19.8 Å². The van der Waals surface area contributed by atoms with Crippen molar-refractivity contribution in [2.24, 2.45) is 17.3 Å². The van der Waals surface area contributed by atoms with Gasteiger partial charge in [0.25, 0.3) is 0 Å². The van der Waals surface area contributed by atoms with Crippen molar-refractivity contribution in [2.75, 3.05) is 32.7 Å². The van der Waals surface area contributed by atoms with Crippen molar-refractivity contribution in [1.29, 1.82) is 0 Å². The minimum absolute atomic E-state index is 0.00803. The molecule has 11 nitrogen and oxygen atoms in total. The molecule has 4 N–H and O–H groups in total. The highest BCUT2D eigenvalue weighted by Gasteiger charge is 2.42. The Morgan fingerprint density at radius 2 is 1.75 bits per heavy atom. The average Bonchev–Trinajstić information content (AvgIpc) is 3.65. The van der Waals surface area contributed by atoms with Crippen molar-refractivity contribution in [3.63, 3.8) is 0 Å². The monoisotopic (exact) mass is 699 g/mol. The second kappa shape index (κ2) is 14.5. The summed E-state index contributed by atoms with van der Waals surface area (Å²) in [5.74, 6) is 0.719. The molecule has 1 saturated carbocycles. The number of aromatic hydroxyl groups is 1. The Hall–Kier alpha value is -3.54. The van der Waals surface area contributed by atoms with Crippen LogP contribution in [0.25, 0.3) is 22.3 Å². The van der Waals surface area contributed by atoms with Gasteiger partial charge >= 0.3 is 0 Å². The maximum atomic E-state index is 13.5. The number of amides is 2. The third-order valence-electron chi connectivity index (χ3n) is 12.4. The molecule has 3 fully saturated rings. The van der Waals surface area contributed by atoms with Crippen molar-refractivity contribution in [3.05, 3.63) is 41.6 Å². The number of para-hydroxylation sites is 1. The van der Waals surface area contributed by atoms with Gasteiger partial charge in [-0.25, -0.2) is 0 Å². The van der Waals surface area contributed by atoms with Gasteiger partial charge in [0.15, 0.2) is 5.65 Å². The number of aromatic amines is 1. The highest BCUT2D eigenvalue weighted by atomic mass is 16.3. The number of nitrogens with one attached hydrogen (secondary N) is 2. The van der Waals surface area contributed by atoms with Crippen molar-refractivity contribution in [1.82, 2.24) is 35.2 Å². The number of carbonyl (C=O) groups excluding carboxylic acids is 2. The normalized spacial score (nSPS) is 27.4. The second-order valence-electron chi connectivity index (χ2n) is 17.0. The van der Waals surface area contributed by atoms with Gasteiger partial charge in [-0.05, 0) is 107 Å². The molecule has 3 aromatic rings. The van der Waals surface area contributed by atoms with Gasteiger partial charge < -0.3 is 30.3 Å². The van der Waals surface area contributed by atoms with Gasteiger partial charge in [-0.2, -0.15) is 0 Å². The zero-order valence-electron chi connectivity index (χ0n) is 31.1. The number of H-pyrrole nitrogens is 1. The van der Waals surface area contributed by atoms with Crippen LogP contribution >= 0.6 is 0 Å². The first-order chi connectivity index (χ1) is 24.4. The van der Waals surface area contributed by atoms with Crippen LogP contribution in [0, 0.1) is 17.3 Å². The molecule has 51 heavy (non-hydrogen) atoms. The highest BCUT2D eigenvalue weighted by Crippen LogP contribution is 2.41. The summed E-state index contributed by atoms with van der Waals surface area (Å²) >= 11 is 0. The zero-order chi connectivity index (χ0) is 36.0. The highest BCUT2D eigenvalue weighted by molar-refractivity contribution is 5.89. The molecule has 1 aliphatic carbocycles. The Bertz CT molecular complexity index is 1720. The number of hydrogen-bond acceptors (Lipinski definition) is 8. The van der Waals surface area contributed by atoms with E-state index < -0.39 is 17.6 Å². The summed E-state index contributed by atoms with van der Waals surface area (Å²) < 4.78 is 0. The summed E-state index contributed by atoms with van der Waals surface area (Å²) in [6, 6.07) is 9.58. The number of β-amino-alcohol motifs (C(OH)–C–C–N with tert-alkyl or cyclic N) is 1. The molecule has 7 rings (SSSR count). The molecule has 0 spiro atoms. The number of phenolic OH excluding ortho intramolecular Hbond substituents is 1. The standard InChI is InChI=1S/C40H57N7O4/c1-24-20-29(48)23-47(24)39(51)36(40(3,4)5)42-38(50)27-14-17-45(18-15-27)22-26-10-12-28(13-11-26)46-19-16-32-35(25(46)2)31-21-33(43-44-37(31)41-32)30-8-6-7-9-34(30)49/h6-9,21,24-29,36,48-49H,10-20,22-23H2,1-5H3,(H,41,44)(H,42,50)/t24-,25-,26-,28-,29-,36-/m1/s1. The molecule has 2 saturated heterocycles. The summed E-state index contributed by atoms with van der Waals surface area (Å²) in [6.45, 7) is 14.6. The van der Waals surface area contributed by atoms with Crippen LogP contribution in [0.4, 0.5) is 0 Å². The van der Waals surface area contributed by atoms with E-state index in [0.717, 1.165) is 56.5 Å².